The van der Waals surface area contributed by atoms with Gasteiger partial charge in [-0.25, -0.2) is 4.98 Å². The molecule has 3 heterocycles. The van der Waals surface area contributed by atoms with Gasteiger partial charge in [-0.3, -0.25) is 14.9 Å². The number of aromatic amines is 1. The zero-order valence-electron chi connectivity index (χ0n) is 15.6. The summed E-state index contributed by atoms with van der Waals surface area (Å²) >= 11 is 1.14. The van der Waals surface area contributed by atoms with Crippen molar-refractivity contribution < 1.29 is 17.9 Å². The summed E-state index contributed by atoms with van der Waals surface area (Å²) in [6.45, 7) is 2.55. The number of hydrogen-bond acceptors (Lipinski definition) is 5. The normalized spacial score (nSPS) is 18.1. The van der Waals surface area contributed by atoms with Crippen molar-refractivity contribution in [3.05, 3.63) is 45.9 Å². The fraction of sp³-hybridized carbons (Fsp3) is 0.421. The molecule has 3 aromatic rings. The number of aliphatic imine (C=N–C) groups is 1. The lowest BCUT2D eigenvalue weighted by molar-refractivity contribution is -0.141. The van der Waals surface area contributed by atoms with E-state index in [1.807, 2.05) is 0 Å². The van der Waals surface area contributed by atoms with Gasteiger partial charge >= 0.3 is 6.18 Å². The maximum atomic E-state index is 13.7. The fourth-order valence-electron chi connectivity index (χ4n) is 3.37. The molecule has 1 aliphatic rings. The van der Waals surface area contributed by atoms with Gasteiger partial charge in [0.15, 0.2) is 5.69 Å². The molecule has 2 aromatic heterocycles. The van der Waals surface area contributed by atoms with Crippen molar-refractivity contribution in [1.29, 1.82) is 0 Å². The van der Waals surface area contributed by atoms with Crippen molar-refractivity contribution >= 4 is 27.3 Å². The molecule has 0 spiro atoms. The van der Waals surface area contributed by atoms with E-state index in [-0.39, 0.29) is 29.9 Å². The Kier molecular flexibility index (Phi) is 5.30. The Hall–Kier alpha value is -2.46. The largest absolute Gasteiger partial charge is 0.433 e. The van der Waals surface area contributed by atoms with Gasteiger partial charge in [0, 0.05) is 12.3 Å². The van der Waals surface area contributed by atoms with E-state index in [9.17, 15) is 18.0 Å². The first-order valence-electron chi connectivity index (χ1n) is 9.32. The summed E-state index contributed by atoms with van der Waals surface area (Å²) in [5.41, 5.74) is -1.61. The van der Waals surface area contributed by atoms with Gasteiger partial charge in [0.1, 0.15) is 0 Å². The molecule has 1 fully saturated rings. The Morgan fingerprint density at radius 2 is 2.21 bits per heavy atom. The lowest BCUT2D eigenvalue weighted by Crippen LogP contribution is -2.23. The molecule has 0 bridgehead atoms. The number of ether oxygens (including phenoxy) is 1. The van der Waals surface area contributed by atoms with Crippen molar-refractivity contribution in [1.82, 2.24) is 14.8 Å². The first-order valence-corrected chi connectivity index (χ1v) is 10.1. The molecule has 1 aromatic carbocycles. The van der Waals surface area contributed by atoms with Gasteiger partial charge in [0.05, 0.1) is 28.4 Å². The molecule has 1 aliphatic heterocycles. The third-order valence-electron chi connectivity index (χ3n) is 4.78. The van der Waals surface area contributed by atoms with Crippen LogP contribution in [0.5, 0.6) is 0 Å². The summed E-state index contributed by atoms with van der Waals surface area (Å²) in [4.78, 5) is 21.6. The first-order chi connectivity index (χ1) is 13.9. The molecule has 10 heteroatoms. The SMILES string of the molecule is CCC(=NC[C@H]1CCCO1)c1c(C(F)(F)F)[nH]n(-c2nc3ccccc3s2)c1=O. The smallest absolute Gasteiger partial charge is 0.376 e. The third kappa shape index (κ3) is 3.86. The topological polar surface area (TPSA) is 72.3 Å². The zero-order valence-corrected chi connectivity index (χ0v) is 16.4. The van der Waals surface area contributed by atoms with Crippen LogP contribution in [0.15, 0.2) is 34.1 Å². The van der Waals surface area contributed by atoms with Gasteiger partial charge in [0.2, 0.25) is 5.13 Å². The summed E-state index contributed by atoms with van der Waals surface area (Å²) < 4.78 is 48.3. The molecular formula is C19H19F3N4O2S. The Balaban J connectivity index is 1.81. The molecule has 4 rings (SSSR count). The number of alkyl halides is 3. The van der Waals surface area contributed by atoms with Crippen LogP contribution >= 0.6 is 11.3 Å². The Morgan fingerprint density at radius 3 is 2.86 bits per heavy atom. The Labute approximate surface area is 168 Å². The fourth-order valence-corrected chi connectivity index (χ4v) is 4.29. The number of nitrogens with one attached hydrogen (secondary N) is 1. The summed E-state index contributed by atoms with van der Waals surface area (Å²) in [5.74, 6) is 0. The highest BCUT2D eigenvalue weighted by atomic mass is 32.1. The number of para-hydroxylation sites is 1. The second-order valence-electron chi connectivity index (χ2n) is 6.74. The number of thiazole rings is 1. The quantitative estimate of drug-likeness (QED) is 0.625. The lowest BCUT2D eigenvalue weighted by atomic mass is 10.1. The van der Waals surface area contributed by atoms with Crippen LogP contribution in [0, 0.1) is 0 Å². The van der Waals surface area contributed by atoms with Gasteiger partial charge in [-0.2, -0.15) is 17.9 Å². The molecule has 0 radical (unpaired) electrons. The van der Waals surface area contributed by atoms with E-state index < -0.39 is 23.0 Å². The van der Waals surface area contributed by atoms with Crippen LogP contribution in [0.25, 0.3) is 15.3 Å². The second-order valence-corrected chi connectivity index (χ2v) is 7.75. The molecule has 0 unspecified atom stereocenters. The second kappa shape index (κ2) is 7.75. The molecule has 6 nitrogen and oxygen atoms in total. The van der Waals surface area contributed by atoms with E-state index in [0.717, 1.165) is 33.6 Å². The van der Waals surface area contributed by atoms with Gasteiger partial charge in [-0.05, 0) is 31.4 Å². The van der Waals surface area contributed by atoms with Crippen LogP contribution in [0.2, 0.25) is 0 Å². The van der Waals surface area contributed by atoms with E-state index in [4.69, 9.17) is 4.74 Å². The first kappa shape index (κ1) is 19.8. The average Bonchev–Trinajstić information content (AvgIpc) is 3.40. The van der Waals surface area contributed by atoms with Crippen LogP contribution in [0.4, 0.5) is 13.2 Å². The van der Waals surface area contributed by atoms with Crippen LogP contribution in [-0.2, 0) is 10.9 Å². The van der Waals surface area contributed by atoms with Gasteiger partial charge in [0.25, 0.3) is 5.56 Å². The van der Waals surface area contributed by atoms with Crippen molar-refractivity contribution in [2.75, 3.05) is 13.2 Å². The van der Waals surface area contributed by atoms with Crippen molar-refractivity contribution in [2.24, 2.45) is 4.99 Å². The molecule has 29 heavy (non-hydrogen) atoms. The van der Waals surface area contributed by atoms with Gasteiger partial charge < -0.3 is 4.74 Å². The summed E-state index contributed by atoms with van der Waals surface area (Å²) in [7, 11) is 0. The van der Waals surface area contributed by atoms with Gasteiger partial charge in [-0.1, -0.05) is 30.4 Å². The molecule has 0 saturated carbocycles. The predicted molar refractivity (Wildman–Crippen MR) is 105 cm³/mol. The van der Waals surface area contributed by atoms with Crippen molar-refractivity contribution in [3.8, 4) is 5.13 Å². The Morgan fingerprint density at radius 1 is 1.41 bits per heavy atom. The third-order valence-corrected chi connectivity index (χ3v) is 5.80. The number of rotatable bonds is 5. The van der Waals surface area contributed by atoms with E-state index in [1.165, 1.54) is 0 Å². The van der Waals surface area contributed by atoms with Crippen LogP contribution < -0.4 is 5.56 Å². The number of aromatic nitrogens is 3. The molecular weight excluding hydrogens is 405 g/mol. The summed E-state index contributed by atoms with van der Waals surface area (Å²) in [6.07, 6.45) is -2.92. The van der Waals surface area contributed by atoms with E-state index in [2.05, 4.69) is 15.1 Å². The minimum Gasteiger partial charge on any atom is -0.376 e. The molecule has 0 aliphatic carbocycles. The molecule has 0 amide bonds. The molecule has 1 N–H and O–H groups in total. The summed E-state index contributed by atoms with van der Waals surface area (Å²) in [5, 5.41) is 2.38. The van der Waals surface area contributed by atoms with E-state index in [1.54, 1.807) is 31.2 Å². The van der Waals surface area contributed by atoms with E-state index >= 15 is 0 Å². The zero-order chi connectivity index (χ0) is 20.6. The number of benzene rings is 1. The summed E-state index contributed by atoms with van der Waals surface area (Å²) in [6, 6.07) is 7.14. The van der Waals surface area contributed by atoms with Crippen molar-refractivity contribution in [3.63, 3.8) is 0 Å². The van der Waals surface area contributed by atoms with Crippen LogP contribution in [0.1, 0.15) is 37.4 Å². The Bertz CT molecular complexity index is 1070. The van der Waals surface area contributed by atoms with E-state index in [0.29, 0.717) is 12.1 Å². The number of fused-ring (bicyclic) bond motifs is 1. The van der Waals surface area contributed by atoms with Gasteiger partial charge in [-0.15, -0.1) is 0 Å². The minimum atomic E-state index is -4.73. The van der Waals surface area contributed by atoms with Crippen molar-refractivity contribution in [2.45, 2.75) is 38.5 Å². The maximum absolute atomic E-state index is 13.7. The molecule has 154 valence electrons. The number of H-pyrrole nitrogens is 1. The maximum Gasteiger partial charge on any atom is 0.433 e. The standard InChI is InChI=1S/C19H19F3N4O2S/c1-2-12(23-10-11-6-5-9-28-11)15-16(19(20,21)22)25-26(17(15)27)18-24-13-7-3-4-8-14(13)29-18/h3-4,7-8,11,25H,2,5-6,9-10H2,1H3/t11-/m1/s1. The predicted octanol–water partition coefficient (Wildman–Crippen LogP) is 4.17. The average molecular weight is 424 g/mol. The highest BCUT2D eigenvalue weighted by molar-refractivity contribution is 7.20. The molecule has 1 atom stereocenters. The lowest BCUT2D eigenvalue weighted by Gasteiger charge is -2.09. The number of nitrogens with zero attached hydrogens (tertiary/aromatic N) is 3. The monoisotopic (exact) mass is 424 g/mol. The number of halogens is 3. The van der Waals surface area contributed by atoms with Crippen LogP contribution in [-0.4, -0.2) is 39.7 Å². The highest BCUT2D eigenvalue weighted by Gasteiger charge is 2.39. The molecule has 1 saturated heterocycles. The highest BCUT2D eigenvalue weighted by Crippen LogP contribution is 2.31. The number of hydrogen-bond donors (Lipinski definition) is 1. The van der Waals surface area contributed by atoms with Crippen LogP contribution in [0.3, 0.4) is 0 Å². The minimum absolute atomic E-state index is 0.115.